The summed E-state index contributed by atoms with van der Waals surface area (Å²) in [6.07, 6.45) is 5.18. The molecule has 0 aliphatic carbocycles. The number of nitrogens with zero attached hydrogens (tertiary/aromatic N) is 1. The third-order valence-electron chi connectivity index (χ3n) is 2.09. The number of hydrogen-bond acceptors (Lipinski definition) is 2. The molecule has 12 heavy (non-hydrogen) atoms. The van der Waals surface area contributed by atoms with Crippen molar-refractivity contribution in [3.63, 3.8) is 0 Å². The van der Waals surface area contributed by atoms with Gasteiger partial charge in [0.1, 0.15) is 0 Å². The van der Waals surface area contributed by atoms with E-state index >= 15 is 0 Å². The van der Waals surface area contributed by atoms with Crippen molar-refractivity contribution in [2.24, 2.45) is 0 Å². The topological polar surface area (TPSA) is 15.3 Å². The first-order valence-corrected chi connectivity index (χ1v) is 4.39. The molecule has 0 bridgehead atoms. The van der Waals surface area contributed by atoms with Crippen LogP contribution in [0.3, 0.4) is 0 Å². The van der Waals surface area contributed by atoms with Crippen LogP contribution in [0.1, 0.15) is 20.3 Å². The van der Waals surface area contributed by atoms with Crippen molar-refractivity contribution < 1.29 is 0 Å². The van der Waals surface area contributed by atoms with E-state index in [-0.39, 0.29) is 0 Å². The Labute approximate surface area is 75.9 Å². The van der Waals surface area contributed by atoms with Crippen molar-refractivity contribution >= 4 is 0 Å². The van der Waals surface area contributed by atoms with Gasteiger partial charge in [-0.15, -0.1) is 0 Å². The second-order valence-corrected chi connectivity index (χ2v) is 2.87. The van der Waals surface area contributed by atoms with Crippen LogP contribution in [0.5, 0.6) is 0 Å². The fourth-order valence-electron chi connectivity index (χ4n) is 0.955. The van der Waals surface area contributed by atoms with Gasteiger partial charge >= 0.3 is 0 Å². The molecule has 0 spiro atoms. The van der Waals surface area contributed by atoms with Gasteiger partial charge in [-0.1, -0.05) is 31.2 Å². The highest BCUT2D eigenvalue weighted by Crippen LogP contribution is 2.05. The average molecular weight is 168 g/mol. The summed E-state index contributed by atoms with van der Waals surface area (Å²) in [5.41, 5.74) is 4.37. The zero-order valence-corrected chi connectivity index (χ0v) is 8.59. The molecule has 1 unspecified atom stereocenters. The molecule has 0 saturated carbocycles. The molecule has 2 heteroatoms. The van der Waals surface area contributed by atoms with Crippen LogP contribution in [0, 0.1) is 0 Å². The lowest BCUT2D eigenvalue weighted by atomic mass is 10.1. The summed E-state index contributed by atoms with van der Waals surface area (Å²) in [7, 11) is 3.95. The van der Waals surface area contributed by atoms with Crippen LogP contribution in [0.15, 0.2) is 24.3 Å². The van der Waals surface area contributed by atoms with Crippen molar-refractivity contribution in [3.8, 4) is 0 Å². The number of rotatable bonds is 5. The highest BCUT2D eigenvalue weighted by atomic mass is 15.5. The van der Waals surface area contributed by atoms with Crippen molar-refractivity contribution in [2.75, 3.05) is 14.1 Å². The maximum Gasteiger partial charge on any atom is 0.0397 e. The molecule has 0 fully saturated rings. The molecule has 2 nitrogen and oxygen atoms in total. The third-order valence-corrected chi connectivity index (χ3v) is 2.09. The Balaban J connectivity index is 4.18. The fourth-order valence-corrected chi connectivity index (χ4v) is 0.955. The largest absolute Gasteiger partial charge is 0.258 e. The summed E-state index contributed by atoms with van der Waals surface area (Å²) >= 11 is 0. The summed E-state index contributed by atoms with van der Waals surface area (Å²) < 4.78 is 0. The molecule has 0 aromatic heterocycles. The van der Waals surface area contributed by atoms with E-state index in [4.69, 9.17) is 0 Å². The predicted molar refractivity (Wildman–Crippen MR) is 54.9 cm³/mol. The van der Waals surface area contributed by atoms with Gasteiger partial charge in [-0.3, -0.25) is 5.43 Å². The first-order valence-electron chi connectivity index (χ1n) is 4.39. The normalized spacial score (nSPS) is 14.9. The standard InChI is InChI=1S/C10H20N2/c1-6-10(7-2)8-9(3)12(5)11-4/h6,8-9,11H,1,7H2,2-5H3/b10-8+. The lowest BCUT2D eigenvalue weighted by molar-refractivity contribution is 0.226. The zero-order chi connectivity index (χ0) is 9.56. The molecule has 0 aliphatic heterocycles. The average Bonchev–Trinajstić information content (AvgIpc) is 2.12. The molecule has 0 rings (SSSR count). The first-order chi connectivity index (χ1) is 5.65. The lowest BCUT2D eigenvalue weighted by Crippen LogP contribution is -2.37. The van der Waals surface area contributed by atoms with Gasteiger partial charge < -0.3 is 0 Å². The molecule has 70 valence electrons. The third kappa shape index (κ3) is 3.69. The van der Waals surface area contributed by atoms with Crippen LogP contribution >= 0.6 is 0 Å². The van der Waals surface area contributed by atoms with E-state index in [2.05, 4.69) is 36.9 Å². The summed E-state index contributed by atoms with van der Waals surface area (Å²) in [5, 5.41) is 2.05. The van der Waals surface area contributed by atoms with E-state index in [1.54, 1.807) is 0 Å². The summed E-state index contributed by atoms with van der Waals surface area (Å²) in [5.74, 6) is 0. The minimum absolute atomic E-state index is 0.406. The van der Waals surface area contributed by atoms with Crippen LogP contribution in [0.4, 0.5) is 0 Å². The Bertz CT molecular complexity index is 161. The van der Waals surface area contributed by atoms with Crippen molar-refractivity contribution in [2.45, 2.75) is 26.3 Å². The molecule has 0 aromatic carbocycles. The second-order valence-electron chi connectivity index (χ2n) is 2.87. The van der Waals surface area contributed by atoms with E-state index in [1.807, 2.05) is 20.2 Å². The highest BCUT2D eigenvalue weighted by Gasteiger charge is 2.02. The summed E-state index contributed by atoms with van der Waals surface area (Å²) in [6, 6.07) is 0.406. The quantitative estimate of drug-likeness (QED) is 0.498. The van der Waals surface area contributed by atoms with Gasteiger partial charge in [0.15, 0.2) is 0 Å². The number of allylic oxidation sites excluding steroid dienone is 2. The van der Waals surface area contributed by atoms with E-state index in [1.165, 1.54) is 5.57 Å². The predicted octanol–water partition coefficient (Wildman–Crippen LogP) is 1.96. The Morgan fingerprint density at radius 3 is 2.58 bits per heavy atom. The second kappa shape index (κ2) is 5.98. The van der Waals surface area contributed by atoms with Crippen molar-refractivity contribution in [1.82, 2.24) is 10.4 Å². The molecule has 0 aliphatic rings. The van der Waals surface area contributed by atoms with Crippen LogP contribution in [-0.4, -0.2) is 25.1 Å². The molecule has 0 amide bonds. The molecule has 1 atom stereocenters. The van der Waals surface area contributed by atoms with Gasteiger partial charge in [0.05, 0.1) is 0 Å². The van der Waals surface area contributed by atoms with Gasteiger partial charge in [0.25, 0.3) is 0 Å². The Hall–Kier alpha value is -0.600. The SMILES string of the molecule is C=C/C(=C\C(C)N(C)NC)CC. The minimum Gasteiger partial charge on any atom is -0.258 e. The van der Waals surface area contributed by atoms with Crippen molar-refractivity contribution in [1.29, 1.82) is 0 Å². The Kier molecular flexibility index (Phi) is 5.68. The molecule has 0 aromatic rings. The van der Waals surface area contributed by atoms with E-state index in [9.17, 15) is 0 Å². The molecule has 0 saturated heterocycles. The van der Waals surface area contributed by atoms with Gasteiger partial charge in [0, 0.05) is 13.1 Å². The number of likely N-dealkylation sites (N-methyl/N-ethyl adjacent to an activating group) is 1. The number of hydrogen-bond donors (Lipinski definition) is 1. The van der Waals surface area contributed by atoms with Crippen LogP contribution in [0.25, 0.3) is 0 Å². The molecule has 0 radical (unpaired) electrons. The highest BCUT2D eigenvalue weighted by molar-refractivity contribution is 5.17. The minimum atomic E-state index is 0.406. The van der Waals surface area contributed by atoms with Crippen molar-refractivity contribution in [3.05, 3.63) is 24.3 Å². The Morgan fingerprint density at radius 2 is 2.25 bits per heavy atom. The molecule has 1 N–H and O–H groups in total. The lowest BCUT2D eigenvalue weighted by Gasteiger charge is -2.21. The molecular weight excluding hydrogens is 148 g/mol. The zero-order valence-electron chi connectivity index (χ0n) is 8.59. The van der Waals surface area contributed by atoms with Gasteiger partial charge in [-0.25, -0.2) is 5.01 Å². The fraction of sp³-hybridized carbons (Fsp3) is 0.600. The van der Waals surface area contributed by atoms with E-state index in [0.717, 1.165) is 6.42 Å². The first kappa shape index (κ1) is 11.4. The van der Waals surface area contributed by atoms with Gasteiger partial charge in [0.2, 0.25) is 0 Å². The smallest absolute Gasteiger partial charge is 0.0397 e. The van der Waals surface area contributed by atoms with Crippen LogP contribution < -0.4 is 5.43 Å². The maximum absolute atomic E-state index is 3.76. The van der Waals surface area contributed by atoms with E-state index in [0.29, 0.717) is 6.04 Å². The summed E-state index contributed by atoms with van der Waals surface area (Å²) in [4.78, 5) is 0. The monoisotopic (exact) mass is 168 g/mol. The molecule has 0 heterocycles. The van der Waals surface area contributed by atoms with E-state index < -0.39 is 0 Å². The molecular formula is C10H20N2. The number of nitrogens with one attached hydrogen (secondary N) is 1. The van der Waals surface area contributed by atoms with Crippen LogP contribution in [0.2, 0.25) is 0 Å². The van der Waals surface area contributed by atoms with Crippen LogP contribution in [-0.2, 0) is 0 Å². The van der Waals surface area contributed by atoms with Gasteiger partial charge in [-0.05, 0) is 20.4 Å². The maximum atomic E-state index is 3.76. The van der Waals surface area contributed by atoms with Gasteiger partial charge in [-0.2, -0.15) is 0 Å². The number of hydrazine groups is 1. The Morgan fingerprint density at radius 1 is 1.67 bits per heavy atom. The summed E-state index contributed by atoms with van der Waals surface area (Å²) in [6.45, 7) is 8.05.